The molecule has 4 nitrogen and oxygen atoms in total. The van der Waals surface area contributed by atoms with Crippen LogP contribution in [0, 0.1) is 6.17 Å². The van der Waals surface area contributed by atoms with Crippen molar-refractivity contribution in [1.82, 2.24) is 0 Å². The lowest BCUT2D eigenvalue weighted by Gasteiger charge is -2.38. The second-order valence-corrected chi connectivity index (χ2v) is 15.6. The summed E-state index contributed by atoms with van der Waals surface area (Å²) in [7, 11) is 0. The molecule has 1 radical (unpaired) electrons. The Morgan fingerprint density at radius 3 is 1.09 bits per heavy atom. The molecule has 0 aliphatic carbocycles. The van der Waals surface area contributed by atoms with Crippen LogP contribution in [-0.2, 0) is 0 Å². The zero-order chi connectivity index (χ0) is 37.0. The number of hydrogen-bond acceptors (Lipinski definition) is 4. The van der Waals surface area contributed by atoms with Gasteiger partial charge in [0.15, 0.2) is 17.7 Å². The van der Waals surface area contributed by atoms with E-state index < -0.39 is 0 Å². The normalized spacial score (nSPS) is 13.9. The summed E-state index contributed by atoms with van der Waals surface area (Å²) in [5.74, 6) is 3.05. The van der Waals surface area contributed by atoms with Gasteiger partial charge in [-0.15, -0.1) is 0 Å². The molecule has 0 aromatic heterocycles. The molecule has 0 fully saturated rings. The van der Waals surface area contributed by atoms with Crippen LogP contribution in [0.3, 0.4) is 0 Å². The van der Waals surface area contributed by atoms with Gasteiger partial charge in [0.2, 0.25) is 0 Å². The van der Waals surface area contributed by atoms with Crippen molar-refractivity contribution in [3.8, 4) is 11.5 Å². The number of fused-ring (bicyclic) bond motifs is 3. The third-order valence-electron chi connectivity index (χ3n) is 10.7. The van der Waals surface area contributed by atoms with Gasteiger partial charge in [0, 0.05) is 11.3 Å². The first-order valence-corrected chi connectivity index (χ1v) is 19.2. The molecule has 0 atom stereocenters. The number of ether oxygens (including phenoxy) is 1. The maximum atomic E-state index is 6.36. The zero-order valence-corrected chi connectivity index (χ0v) is 32.3. The first-order valence-electron chi connectivity index (χ1n) is 19.2. The van der Waals surface area contributed by atoms with Crippen LogP contribution in [0.5, 0.6) is 11.5 Å². The Hall–Kier alpha value is -5.48. The molecule has 2 heterocycles. The fraction of sp³-hybridized carbons (Fsp3) is 0.245. The number of benzene rings is 6. The third kappa shape index (κ3) is 5.85. The molecule has 8 rings (SSSR count). The predicted octanol–water partition coefficient (Wildman–Crippen LogP) is 14.6. The summed E-state index contributed by atoms with van der Waals surface area (Å²) >= 11 is 0. The van der Waals surface area contributed by atoms with Gasteiger partial charge in [-0.05, 0) is 94.5 Å². The van der Waals surface area contributed by atoms with E-state index in [0.29, 0.717) is 23.7 Å². The van der Waals surface area contributed by atoms with Crippen LogP contribution in [0.4, 0.5) is 39.8 Å². The minimum Gasteiger partial charge on any atom is -0.453 e. The maximum Gasteiger partial charge on any atom is 0.196 e. The molecule has 6 aromatic rings. The molecule has 0 unspecified atom stereocenters. The van der Waals surface area contributed by atoms with Crippen molar-refractivity contribution in [2.24, 2.45) is 0 Å². The van der Waals surface area contributed by atoms with Gasteiger partial charge < -0.3 is 19.4 Å². The van der Waals surface area contributed by atoms with E-state index in [-0.39, 0.29) is 0 Å². The van der Waals surface area contributed by atoms with Crippen molar-refractivity contribution < 1.29 is 4.74 Å². The van der Waals surface area contributed by atoms with E-state index in [1.165, 1.54) is 45.0 Å². The Morgan fingerprint density at radius 1 is 0.358 bits per heavy atom. The number of hydrogen-bond donors (Lipinski definition) is 0. The van der Waals surface area contributed by atoms with Crippen LogP contribution < -0.4 is 19.4 Å². The second-order valence-electron chi connectivity index (χ2n) is 15.6. The molecule has 2 aliphatic rings. The SMILES string of the molecule is CC(C)c1cccc(C(C)C)c1N1[C](c2ccc(N3c4ccccc4Oc4ccccc43)cc2)N(c2c(C(C)C)cccc2C(C)C)c2ccccc21. The molecule has 0 amide bonds. The van der Waals surface area contributed by atoms with Crippen molar-refractivity contribution in [2.45, 2.75) is 79.1 Å². The lowest BCUT2D eigenvalue weighted by atomic mass is 9.90. The summed E-state index contributed by atoms with van der Waals surface area (Å²) in [4.78, 5) is 7.47. The van der Waals surface area contributed by atoms with E-state index in [9.17, 15) is 0 Å². The Bertz CT molecular complexity index is 2080. The van der Waals surface area contributed by atoms with Gasteiger partial charge in [-0.3, -0.25) is 0 Å². The highest BCUT2D eigenvalue weighted by molar-refractivity contribution is 5.97. The lowest BCUT2D eigenvalue weighted by Crippen LogP contribution is -2.33. The van der Waals surface area contributed by atoms with Crippen LogP contribution >= 0.6 is 0 Å². The van der Waals surface area contributed by atoms with Crippen molar-refractivity contribution in [3.05, 3.63) is 167 Å². The van der Waals surface area contributed by atoms with E-state index in [4.69, 9.17) is 4.74 Å². The van der Waals surface area contributed by atoms with Gasteiger partial charge in [-0.25, -0.2) is 0 Å². The highest BCUT2D eigenvalue weighted by atomic mass is 16.5. The van der Waals surface area contributed by atoms with E-state index in [0.717, 1.165) is 40.3 Å². The Morgan fingerprint density at radius 2 is 0.717 bits per heavy atom. The molecule has 267 valence electrons. The molecular weight excluding hydrogens is 647 g/mol. The summed E-state index contributed by atoms with van der Waals surface area (Å²) in [6, 6.07) is 48.5. The van der Waals surface area contributed by atoms with Crippen molar-refractivity contribution in [1.29, 1.82) is 0 Å². The topological polar surface area (TPSA) is 19.0 Å². The molecule has 0 spiro atoms. The number of nitrogens with zero attached hydrogens (tertiary/aromatic N) is 3. The first kappa shape index (κ1) is 34.6. The Kier molecular flexibility index (Phi) is 9.02. The first-order chi connectivity index (χ1) is 25.7. The van der Waals surface area contributed by atoms with Gasteiger partial charge in [0.05, 0.1) is 34.1 Å². The highest BCUT2D eigenvalue weighted by Gasteiger charge is 2.44. The van der Waals surface area contributed by atoms with Crippen molar-refractivity contribution in [3.63, 3.8) is 0 Å². The summed E-state index contributed by atoms with van der Waals surface area (Å²) < 4.78 is 6.36. The monoisotopic (exact) mass is 696 g/mol. The second kappa shape index (κ2) is 13.8. The maximum absolute atomic E-state index is 6.36. The molecule has 6 aromatic carbocycles. The fourth-order valence-electron chi connectivity index (χ4n) is 8.16. The van der Waals surface area contributed by atoms with E-state index >= 15 is 0 Å². The van der Waals surface area contributed by atoms with Crippen LogP contribution in [0.25, 0.3) is 0 Å². The molecule has 0 bridgehead atoms. The van der Waals surface area contributed by atoms with E-state index in [2.05, 4.69) is 179 Å². The van der Waals surface area contributed by atoms with Gasteiger partial charge in [0.1, 0.15) is 0 Å². The van der Waals surface area contributed by atoms with Crippen LogP contribution in [0.1, 0.15) is 107 Å². The van der Waals surface area contributed by atoms with Crippen LogP contribution in [0.2, 0.25) is 0 Å². The summed E-state index contributed by atoms with van der Waals surface area (Å²) in [6.07, 6.45) is 1.16. The van der Waals surface area contributed by atoms with E-state index in [1.807, 2.05) is 24.3 Å². The fourth-order valence-corrected chi connectivity index (χ4v) is 8.16. The van der Waals surface area contributed by atoms with Crippen molar-refractivity contribution >= 4 is 39.8 Å². The predicted molar refractivity (Wildman–Crippen MR) is 224 cm³/mol. The van der Waals surface area contributed by atoms with Gasteiger partial charge >= 0.3 is 0 Å². The smallest absolute Gasteiger partial charge is 0.196 e. The number of rotatable bonds is 8. The zero-order valence-electron chi connectivity index (χ0n) is 32.3. The average Bonchev–Trinajstić information content (AvgIpc) is 3.50. The quantitative estimate of drug-likeness (QED) is 0.157. The molecule has 4 heteroatoms. The number of para-hydroxylation sites is 8. The average molecular weight is 697 g/mol. The molecule has 0 saturated heterocycles. The number of anilines is 7. The van der Waals surface area contributed by atoms with Gasteiger partial charge in [-0.2, -0.15) is 0 Å². The molecule has 0 saturated carbocycles. The summed E-state index contributed by atoms with van der Waals surface area (Å²) in [5.41, 5.74) is 14.7. The largest absolute Gasteiger partial charge is 0.453 e. The minimum atomic E-state index is 0.337. The van der Waals surface area contributed by atoms with Gasteiger partial charge in [-0.1, -0.05) is 140 Å². The molecule has 2 aliphatic heterocycles. The van der Waals surface area contributed by atoms with Crippen LogP contribution in [-0.4, -0.2) is 0 Å². The molecule has 53 heavy (non-hydrogen) atoms. The standard InChI is InChI=1S/C49H50N3O/c1-31(2)37-17-15-18-38(32(3)4)47(37)51-41-21-9-10-22-42(41)52(48-39(33(5)6)19-16-20-40(48)34(7)8)49(51)35-27-29-36(30-28-35)50-43-23-11-13-25-45(43)53-46-26-14-12-24-44(46)50/h9-34H,1-8H3. The lowest BCUT2D eigenvalue weighted by molar-refractivity contribution is 0.477. The molecule has 0 N–H and O–H groups in total. The highest BCUT2D eigenvalue weighted by Crippen LogP contribution is 2.58. The van der Waals surface area contributed by atoms with Crippen LogP contribution in [0.15, 0.2) is 133 Å². The van der Waals surface area contributed by atoms with Crippen molar-refractivity contribution in [2.75, 3.05) is 14.7 Å². The minimum absolute atomic E-state index is 0.337. The molecular formula is C49H50N3O. The van der Waals surface area contributed by atoms with E-state index in [1.54, 1.807) is 0 Å². The summed E-state index contributed by atoms with van der Waals surface area (Å²) in [6.45, 7) is 18.6. The van der Waals surface area contributed by atoms with Gasteiger partial charge in [0.25, 0.3) is 0 Å². The summed E-state index contributed by atoms with van der Waals surface area (Å²) in [5, 5.41) is 0. The Balaban J connectivity index is 1.39. The third-order valence-corrected chi connectivity index (χ3v) is 10.7. The Labute approximate surface area is 316 Å².